The van der Waals surface area contributed by atoms with Crippen LogP contribution in [0.4, 0.5) is 8.78 Å². The number of thioether (sulfide) groups is 1. The molecule has 0 aliphatic heterocycles. The summed E-state index contributed by atoms with van der Waals surface area (Å²) in [6, 6.07) is 4.43. The quantitative estimate of drug-likeness (QED) is 0.782. The topological polar surface area (TPSA) is 12.0 Å². The molecule has 0 bridgehead atoms. The highest BCUT2D eigenvalue weighted by atomic mass is 32.2. The van der Waals surface area contributed by atoms with Gasteiger partial charge in [0, 0.05) is 16.7 Å². The molecule has 0 amide bonds. The van der Waals surface area contributed by atoms with Crippen LogP contribution in [0.2, 0.25) is 0 Å². The maximum Gasteiger partial charge on any atom is 0.159 e. The number of hydrogen-bond donors (Lipinski definition) is 1. The largest absolute Gasteiger partial charge is 0.313 e. The Kier molecular flexibility index (Phi) is 5.92. The fourth-order valence-electron chi connectivity index (χ4n) is 1.50. The minimum atomic E-state index is -0.790. The van der Waals surface area contributed by atoms with Crippen molar-refractivity contribution >= 4 is 11.8 Å². The van der Waals surface area contributed by atoms with Crippen molar-refractivity contribution in [2.75, 3.05) is 12.3 Å². The zero-order valence-electron chi connectivity index (χ0n) is 10.5. The zero-order valence-corrected chi connectivity index (χ0v) is 11.3. The molecule has 96 valence electrons. The Hall–Kier alpha value is -0.610. The maximum atomic E-state index is 13.0. The average molecular weight is 259 g/mol. The Morgan fingerprint density at radius 3 is 2.47 bits per heavy atom. The van der Waals surface area contributed by atoms with E-state index in [9.17, 15) is 8.78 Å². The lowest BCUT2D eigenvalue weighted by Crippen LogP contribution is -2.35. The van der Waals surface area contributed by atoms with E-state index in [2.05, 4.69) is 26.1 Å². The molecular weight excluding hydrogens is 240 g/mol. The van der Waals surface area contributed by atoms with Gasteiger partial charge in [0.05, 0.1) is 0 Å². The first-order valence-corrected chi connectivity index (χ1v) is 6.84. The van der Waals surface area contributed by atoms with Crippen molar-refractivity contribution in [2.24, 2.45) is 5.92 Å². The lowest BCUT2D eigenvalue weighted by molar-refractivity contribution is 0.443. The Bertz CT molecular complexity index is 355. The highest BCUT2D eigenvalue weighted by Gasteiger charge is 2.12. The van der Waals surface area contributed by atoms with Crippen molar-refractivity contribution in [1.29, 1.82) is 0 Å². The van der Waals surface area contributed by atoms with Gasteiger partial charge in [-0.2, -0.15) is 0 Å². The molecule has 0 heterocycles. The molecule has 0 aromatic heterocycles. The van der Waals surface area contributed by atoms with Crippen LogP contribution in [0, 0.1) is 17.6 Å². The first kappa shape index (κ1) is 14.5. The summed E-state index contributed by atoms with van der Waals surface area (Å²) < 4.78 is 25.8. The third kappa shape index (κ3) is 4.64. The summed E-state index contributed by atoms with van der Waals surface area (Å²) in [5, 5.41) is 3.39. The third-order valence-corrected chi connectivity index (χ3v) is 3.70. The Labute approximate surface area is 106 Å². The van der Waals surface area contributed by atoms with Gasteiger partial charge in [-0.05, 0) is 30.7 Å². The molecular formula is C13H19F2NS. The van der Waals surface area contributed by atoms with Crippen LogP contribution >= 0.6 is 11.8 Å². The maximum absolute atomic E-state index is 13.0. The first-order valence-electron chi connectivity index (χ1n) is 5.85. The monoisotopic (exact) mass is 259 g/mol. The summed E-state index contributed by atoms with van der Waals surface area (Å²) in [6.07, 6.45) is 0. The Morgan fingerprint density at radius 1 is 1.24 bits per heavy atom. The van der Waals surface area contributed by atoms with Gasteiger partial charge in [-0.3, -0.25) is 0 Å². The second kappa shape index (κ2) is 6.97. The fraction of sp³-hybridized carbons (Fsp3) is 0.538. The van der Waals surface area contributed by atoms with Crippen LogP contribution in [0.15, 0.2) is 23.1 Å². The third-order valence-electron chi connectivity index (χ3n) is 2.59. The number of nitrogens with one attached hydrogen (secondary N) is 1. The summed E-state index contributed by atoms with van der Waals surface area (Å²) >= 11 is 1.55. The number of hydrogen-bond acceptors (Lipinski definition) is 2. The Morgan fingerprint density at radius 2 is 1.94 bits per heavy atom. The molecule has 0 aliphatic carbocycles. The van der Waals surface area contributed by atoms with Crippen LogP contribution in [-0.2, 0) is 0 Å². The molecule has 0 spiro atoms. The highest BCUT2D eigenvalue weighted by Crippen LogP contribution is 2.22. The predicted octanol–water partition coefficient (Wildman–Crippen LogP) is 3.69. The first-order chi connectivity index (χ1) is 8.04. The van der Waals surface area contributed by atoms with E-state index in [1.54, 1.807) is 17.8 Å². The minimum absolute atomic E-state index is 0.387. The lowest BCUT2D eigenvalue weighted by Gasteiger charge is -2.21. The van der Waals surface area contributed by atoms with Crippen LogP contribution in [-0.4, -0.2) is 18.3 Å². The average Bonchev–Trinajstić information content (AvgIpc) is 2.28. The van der Waals surface area contributed by atoms with Crippen molar-refractivity contribution in [1.82, 2.24) is 5.32 Å². The smallest absolute Gasteiger partial charge is 0.159 e. The predicted molar refractivity (Wildman–Crippen MR) is 69.4 cm³/mol. The molecule has 1 aromatic rings. The van der Waals surface area contributed by atoms with Gasteiger partial charge in [0.1, 0.15) is 0 Å². The van der Waals surface area contributed by atoms with E-state index in [4.69, 9.17) is 0 Å². The fourth-order valence-corrected chi connectivity index (χ4v) is 2.73. The molecule has 1 atom stereocenters. The van der Waals surface area contributed by atoms with Gasteiger partial charge in [-0.25, -0.2) is 8.78 Å². The molecule has 0 saturated carbocycles. The molecule has 17 heavy (non-hydrogen) atoms. The van der Waals surface area contributed by atoms with Gasteiger partial charge in [0.2, 0.25) is 0 Å². The van der Waals surface area contributed by atoms with E-state index in [0.29, 0.717) is 12.0 Å². The number of benzene rings is 1. The van der Waals surface area contributed by atoms with Gasteiger partial charge in [0.15, 0.2) is 11.6 Å². The van der Waals surface area contributed by atoms with Crippen LogP contribution in [0.25, 0.3) is 0 Å². The van der Waals surface area contributed by atoms with Gasteiger partial charge in [-0.15, -0.1) is 11.8 Å². The summed E-state index contributed by atoms with van der Waals surface area (Å²) in [7, 11) is 0. The molecule has 4 heteroatoms. The van der Waals surface area contributed by atoms with Crippen molar-refractivity contribution in [3.63, 3.8) is 0 Å². The summed E-state index contributed by atoms with van der Waals surface area (Å²) in [4.78, 5) is 0.771. The van der Waals surface area contributed by atoms with E-state index >= 15 is 0 Å². The molecule has 0 fully saturated rings. The second-order valence-corrected chi connectivity index (χ2v) is 5.39. The highest BCUT2D eigenvalue weighted by molar-refractivity contribution is 7.99. The van der Waals surface area contributed by atoms with Gasteiger partial charge >= 0.3 is 0 Å². The molecule has 1 unspecified atom stereocenters. The van der Waals surface area contributed by atoms with Gasteiger partial charge in [-0.1, -0.05) is 20.8 Å². The van der Waals surface area contributed by atoms with E-state index < -0.39 is 11.6 Å². The van der Waals surface area contributed by atoms with Crippen molar-refractivity contribution < 1.29 is 8.78 Å². The lowest BCUT2D eigenvalue weighted by atomic mass is 10.1. The van der Waals surface area contributed by atoms with Crippen LogP contribution in [0.1, 0.15) is 20.8 Å². The molecule has 0 aliphatic rings. The van der Waals surface area contributed by atoms with Crippen molar-refractivity contribution in [2.45, 2.75) is 31.7 Å². The molecule has 1 nitrogen and oxygen atoms in total. The summed E-state index contributed by atoms with van der Waals surface area (Å²) in [6.45, 7) is 7.29. The summed E-state index contributed by atoms with van der Waals surface area (Å²) in [5.74, 6) is -0.190. The number of halogens is 2. The van der Waals surface area contributed by atoms with Gasteiger partial charge < -0.3 is 5.32 Å². The van der Waals surface area contributed by atoms with Crippen molar-refractivity contribution in [3.05, 3.63) is 29.8 Å². The summed E-state index contributed by atoms with van der Waals surface area (Å²) in [5.41, 5.74) is 0. The van der Waals surface area contributed by atoms with Crippen LogP contribution in [0.3, 0.4) is 0 Å². The van der Waals surface area contributed by atoms with E-state index in [1.807, 2.05) is 0 Å². The van der Waals surface area contributed by atoms with E-state index in [1.165, 1.54) is 12.1 Å². The van der Waals surface area contributed by atoms with Gasteiger partial charge in [0.25, 0.3) is 0 Å². The number of rotatable bonds is 6. The van der Waals surface area contributed by atoms with E-state index in [0.717, 1.165) is 17.2 Å². The van der Waals surface area contributed by atoms with E-state index in [-0.39, 0.29) is 0 Å². The SMILES string of the molecule is CCNC(CSc1ccc(F)c(F)c1)C(C)C. The molecule has 1 N–H and O–H groups in total. The van der Waals surface area contributed by atoms with Crippen LogP contribution in [0.5, 0.6) is 0 Å². The second-order valence-electron chi connectivity index (χ2n) is 4.30. The molecule has 0 radical (unpaired) electrons. The molecule has 1 aromatic carbocycles. The molecule has 0 saturated heterocycles. The molecule has 1 rings (SSSR count). The normalized spacial score (nSPS) is 13.1. The zero-order chi connectivity index (χ0) is 12.8. The standard InChI is InChI=1S/C13H19F2NS/c1-4-16-13(9(2)3)8-17-10-5-6-11(14)12(15)7-10/h5-7,9,13,16H,4,8H2,1-3H3. The van der Waals surface area contributed by atoms with Crippen molar-refractivity contribution in [3.8, 4) is 0 Å². The minimum Gasteiger partial charge on any atom is -0.313 e. The Balaban J connectivity index is 2.56. The van der Waals surface area contributed by atoms with Crippen LogP contribution < -0.4 is 5.32 Å².